The highest BCUT2D eigenvalue weighted by atomic mass is 16.6. The molecule has 0 bridgehead atoms. The molecule has 0 saturated carbocycles. The normalized spacial score (nSPS) is 13.6. The first-order valence-electron chi connectivity index (χ1n) is 15.1. The molecule has 0 aliphatic rings. The Morgan fingerprint density at radius 1 is 0.870 bits per heavy atom. The van der Waals surface area contributed by atoms with Gasteiger partial charge in [0.1, 0.15) is 35.1 Å². The van der Waals surface area contributed by atoms with E-state index in [1.54, 1.807) is 80.5 Å². The van der Waals surface area contributed by atoms with Crippen molar-refractivity contribution in [1.82, 2.24) is 15.5 Å². The van der Waals surface area contributed by atoms with E-state index in [1.165, 1.54) is 17.0 Å². The van der Waals surface area contributed by atoms with E-state index in [9.17, 15) is 29.1 Å². The molecule has 0 aliphatic carbocycles. The third kappa shape index (κ3) is 11.7. The van der Waals surface area contributed by atoms with Crippen molar-refractivity contribution in [2.75, 3.05) is 0 Å². The molecule has 4 amide bonds. The van der Waals surface area contributed by atoms with Crippen LogP contribution in [0.15, 0.2) is 48.5 Å². The van der Waals surface area contributed by atoms with Crippen molar-refractivity contribution in [2.45, 2.75) is 111 Å². The number of esters is 1. The van der Waals surface area contributed by atoms with E-state index in [2.05, 4.69) is 10.6 Å². The second kappa shape index (κ2) is 15.6. The van der Waals surface area contributed by atoms with Crippen LogP contribution in [0.1, 0.15) is 84.5 Å². The first kappa shape index (κ1) is 37.6. The van der Waals surface area contributed by atoms with Crippen LogP contribution in [0.4, 0.5) is 4.79 Å². The number of hydrogen-bond acceptors (Lipinski definition) is 8. The molecular formula is C34H48N4O8. The lowest BCUT2D eigenvalue weighted by atomic mass is 9.97. The summed E-state index contributed by atoms with van der Waals surface area (Å²) in [6.07, 6.45) is -1.42. The van der Waals surface area contributed by atoms with Gasteiger partial charge in [-0.15, -0.1) is 0 Å². The van der Waals surface area contributed by atoms with Gasteiger partial charge in [0.25, 0.3) is 0 Å². The fourth-order valence-electron chi connectivity index (χ4n) is 4.66. The summed E-state index contributed by atoms with van der Waals surface area (Å²) in [5.41, 5.74) is 5.21. The lowest BCUT2D eigenvalue weighted by Gasteiger charge is -2.37. The summed E-state index contributed by atoms with van der Waals surface area (Å²) in [5.74, 6) is -3.09. The van der Waals surface area contributed by atoms with Gasteiger partial charge in [-0.25, -0.2) is 9.59 Å². The largest absolute Gasteiger partial charge is 0.508 e. The smallest absolute Gasteiger partial charge is 0.408 e. The van der Waals surface area contributed by atoms with Gasteiger partial charge in [0.15, 0.2) is 0 Å². The molecule has 2 rings (SSSR count). The van der Waals surface area contributed by atoms with Gasteiger partial charge >= 0.3 is 12.1 Å². The number of phenolic OH excluding ortho intramolecular Hbond substituents is 1. The Kier molecular flexibility index (Phi) is 12.7. The van der Waals surface area contributed by atoms with E-state index in [0.29, 0.717) is 11.1 Å². The first-order valence-corrected chi connectivity index (χ1v) is 15.1. The van der Waals surface area contributed by atoms with E-state index >= 15 is 0 Å². The molecule has 0 heterocycles. The summed E-state index contributed by atoms with van der Waals surface area (Å²) in [5, 5.41) is 15.4. The Balaban J connectivity index is 2.64. The Hall–Kier alpha value is -4.61. The molecule has 3 atom stereocenters. The highest BCUT2D eigenvalue weighted by molar-refractivity contribution is 5.96. The number of hydrogen-bond donors (Lipinski definition) is 4. The Morgan fingerprint density at radius 2 is 1.46 bits per heavy atom. The summed E-state index contributed by atoms with van der Waals surface area (Å²) < 4.78 is 10.9. The molecule has 0 radical (unpaired) electrons. The Morgan fingerprint density at radius 3 is 1.96 bits per heavy atom. The van der Waals surface area contributed by atoms with Crippen LogP contribution in [0.5, 0.6) is 5.75 Å². The second-order valence-electron chi connectivity index (χ2n) is 13.4. The van der Waals surface area contributed by atoms with Gasteiger partial charge in [0.2, 0.25) is 17.7 Å². The van der Waals surface area contributed by atoms with Crippen molar-refractivity contribution in [2.24, 2.45) is 5.73 Å². The van der Waals surface area contributed by atoms with Gasteiger partial charge in [0, 0.05) is 12.5 Å². The van der Waals surface area contributed by atoms with Crippen LogP contribution in [-0.4, -0.2) is 69.1 Å². The average Bonchev–Trinajstić information content (AvgIpc) is 2.90. The monoisotopic (exact) mass is 640 g/mol. The molecule has 12 heteroatoms. The summed E-state index contributed by atoms with van der Waals surface area (Å²) in [4.78, 5) is 67.9. The number of aryl methyl sites for hydroxylation is 1. The van der Waals surface area contributed by atoms with Crippen molar-refractivity contribution in [3.63, 3.8) is 0 Å². The second-order valence-corrected chi connectivity index (χ2v) is 13.4. The maximum atomic E-state index is 14.3. The molecule has 5 N–H and O–H groups in total. The third-order valence-electron chi connectivity index (χ3n) is 6.56. The predicted molar refractivity (Wildman–Crippen MR) is 172 cm³/mol. The number of aromatic hydroxyl groups is 1. The van der Waals surface area contributed by atoms with Crippen LogP contribution in [0, 0.1) is 6.92 Å². The fraction of sp³-hybridized carbons (Fsp3) is 0.500. The molecule has 3 unspecified atom stereocenters. The predicted octanol–water partition coefficient (Wildman–Crippen LogP) is 3.82. The number of phenols is 1. The van der Waals surface area contributed by atoms with E-state index < -0.39 is 71.6 Å². The molecule has 0 aromatic heterocycles. The van der Waals surface area contributed by atoms with Crippen LogP contribution in [0.3, 0.4) is 0 Å². The van der Waals surface area contributed by atoms with Crippen LogP contribution in [0.25, 0.3) is 0 Å². The molecule has 12 nitrogen and oxygen atoms in total. The average molecular weight is 641 g/mol. The van der Waals surface area contributed by atoms with E-state index in [1.807, 2.05) is 18.2 Å². The molecule has 0 saturated heterocycles. The van der Waals surface area contributed by atoms with Gasteiger partial charge in [-0.05, 0) is 91.1 Å². The van der Waals surface area contributed by atoms with Crippen molar-refractivity contribution in [1.29, 1.82) is 0 Å². The Labute approximate surface area is 271 Å². The lowest BCUT2D eigenvalue weighted by molar-refractivity contribution is -0.159. The third-order valence-corrected chi connectivity index (χ3v) is 6.56. The van der Waals surface area contributed by atoms with Crippen LogP contribution in [-0.2, 0) is 35.1 Å². The number of benzene rings is 2. The first-order chi connectivity index (χ1) is 21.2. The van der Waals surface area contributed by atoms with Gasteiger partial charge in [-0.1, -0.05) is 36.4 Å². The quantitative estimate of drug-likeness (QED) is 0.253. The van der Waals surface area contributed by atoms with Crippen LogP contribution >= 0.6 is 0 Å². The van der Waals surface area contributed by atoms with Gasteiger partial charge in [0.05, 0.1) is 6.42 Å². The molecule has 252 valence electrons. The summed E-state index contributed by atoms with van der Waals surface area (Å²) >= 11 is 0. The summed E-state index contributed by atoms with van der Waals surface area (Å²) in [6, 6.07) is 8.83. The SMILES string of the molecule is Cc1cc(C(C(=O)NC(Cc2ccccc2)C(=O)OC(C)(C)C)N(C(=O)C(CC(N)=O)NC(=O)OC(C)(C)C)C(C)C)ccc1O. The molecule has 46 heavy (non-hydrogen) atoms. The molecular weight excluding hydrogens is 592 g/mol. The highest BCUT2D eigenvalue weighted by Gasteiger charge is 2.40. The highest BCUT2D eigenvalue weighted by Crippen LogP contribution is 2.29. The zero-order valence-corrected chi connectivity index (χ0v) is 28.2. The van der Waals surface area contributed by atoms with Crippen LogP contribution in [0.2, 0.25) is 0 Å². The molecule has 2 aromatic rings. The Bertz CT molecular complexity index is 1400. The summed E-state index contributed by atoms with van der Waals surface area (Å²) in [6.45, 7) is 15.0. The molecule has 0 aliphatic heterocycles. The van der Waals surface area contributed by atoms with Gasteiger partial charge in [-0.2, -0.15) is 0 Å². The number of carbonyl (C=O) groups is 5. The number of amides is 4. The maximum absolute atomic E-state index is 14.3. The minimum absolute atomic E-state index is 0.0285. The van der Waals surface area contributed by atoms with E-state index in [0.717, 1.165) is 5.56 Å². The number of alkyl carbamates (subject to hydrolysis) is 1. The number of nitrogens with zero attached hydrogens (tertiary/aromatic N) is 1. The van der Waals surface area contributed by atoms with Crippen molar-refractivity contribution in [3.05, 3.63) is 65.2 Å². The summed E-state index contributed by atoms with van der Waals surface area (Å²) in [7, 11) is 0. The standard InChI is InChI=1S/C34H48N4O8/c1-20(2)38(30(42)24(19-27(35)40)37-32(44)46-34(7,8)9)28(23-15-16-26(39)21(3)17-23)29(41)36-25(31(43)45-33(4,5)6)18-22-13-11-10-12-14-22/h10-17,20,24-25,28,39H,18-19H2,1-9H3,(H2,35,40)(H,36,41)(H,37,44). The van der Waals surface area contributed by atoms with E-state index in [4.69, 9.17) is 15.2 Å². The molecule has 0 fully saturated rings. The van der Waals surface area contributed by atoms with Gasteiger partial charge < -0.3 is 35.8 Å². The van der Waals surface area contributed by atoms with Crippen molar-refractivity contribution < 1.29 is 38.6 Å². The zero-order valence-electron chi connectivity index (χ0n) is 28.2. The van der Waals surface area contributed by atoms with Crippen LogP contribution < -0.4 is 16.4 Å². The molecule has 2 aromatic carbocycles. The lowest BCUT2D eigenvalue weighted by Crippen LogP contribution is -2.57. The maximum Gasteiger partial charge on any atom is 0.408 e. The zero-order chi connectivity index (χ0) is 35.0. The number of rotatable bonds is 12. The van der Waals surface area contributed by atoms with Crippen molar-refractivity contribution >= 4 is 29.8 Å². The number of primary amides is 1. The van der Waals surface area contributed by atoms with E-state index in [-0.39, 0.29) is 12.2 Å². The minimum atomic E-state index is -1.48. The topological polar surface area (TPSA) is 177 Å². The number of ether oxygens (including phenoxy) is 2. The fourth-order valence-corrected chi connectivity index (χ4v) is 4.66. The minimum Gasteiger partial charge on any atom is -0.508 e. The molecule has 0 spiro atoms. The number of nitrogens with two attached hydrogens (primary N) is 1. The van der Waals surface area contributed by atoms with Gasteiger partial charge in [-0.3, -0.25) is 14.4 Å². The number of nitrogens with one attached hydrogen (secondary N) is 2. The number of carbonyl (C=O) groups excluding carboxylic acids is 5. The van der Waals surface area contributed by atoms with Crippen molar-refractivity contribution in [3.8, 4) is 5.75 Å².